The highest BCUT2D eigenvalue weighted by Crippen LogP contribution is 2.33. The van der Waals surface area contributed by atoms with Gasteiger partial charge in [-0.15, -0.1) is 0 Å². The largest absolute Gasteiger partial charge is 0.495 e. The van der Waals surface area contributed by atoms with E-state index in [0.29, 0.717) is 22.7 Å². The molecule has 3 N–H and O–H groups in total. The molecule has 0 aliphatic rings. The Morgan fingerprint density at radius 2 is 1.56 bits per heavy atom. The summed E-state index contributed by atoms with van der Waals surface area (Å²) in [6.07, 6.45) is 0.209. The summed E-state index contributed by atoms with van der Waals surface area (Å²) in [5.41, 5.74) is 2.03. The van der Waals surface area contributed by atoms with Crippen LogP contribution in [-0.4, -0.2) is 35.9 Å². The second-order valence-electron chi connectivity index (χ2n) is 11.3. The van der Waals surface area contributed by atoms with Crippen LogP contribution in [0.3, 0.4) is 0 Å². The number of anilines is 2. The molecule has 0 radical (unpaired) electrons. The average Bonchev–Trinajstić information content (AvgIpc) is 2.89. The Labute approximate surface area is 251 Å². The number of carbonyl (C=O) groups excluding carboxylic acids is 2. The van der Waals surface area contributed by atoms with E-state index in [-0.39, 0.29) is 33.7 Å². The van der Waals surface area contributed by atoms with Gasteiger partial charge < -0.3 is 20.5 Å². The number of Topliss-reactive ketones (excluding diaryl/α,β-unsaturated/α-hetero) is 1. The van der Waals surface area contributed by atoms with Gasteiger partial charge in [0.15, 0.2) is 5.78 Å². The number of benzene rings is 3. The number of amides is 1. The topological polar surface area (TPSA) is 105 Å². The number of nitrogens with one attached hydrogen (secondary N) is 2. The van der Waals surface area contributed by atoms with Crippen molar-refractivity contribution >= 4 is 52.2 Å². The van der Waals surface area contributed by atoms with E-state index in [9.17, 15) is 19.5 Å². The lowest BCUT2D eigenvalue weighted by molar-refractivity contribution is -0.138. The first-order chi connectivity index (χ1) is 19.2. The van der Waals surface area contributed by atoms with Crippen LogP contribution in [0.1, 0.15) is 62.0 Å². The molecule has 0 aromatic heterocycles. The summed E-state index contributed by atoms with van der Waals surface area (Å²) in [5.74, 6) is -1.72. The fraction of sp³-hybridized carbons (Fsp3) is 0.344. The van der Waals surface area contributed by atoms with Crippen molar-refractivity contribution in [3.63, 3.8) is 0 Å². The van der Waals surface area contributed by atoms with Crippen molar-refractivity contribution in [2.45, 2.75) is 53.0 Å². The quantitative estimate of drug-likeness (QED) is 0.209. The summed E-state index contributed by atoms with van der Waals surface area (Å²) in [6, 6.07) is 16.4. The van der Waals surface area contributed by atoms with E-state index >= 15 is 0 Å². The normalized spacial score (nSPS) is 12.9. The predicted molar refractivity (Wildman–Crippen MR) is 165 cm³/mol. The van der Waals surface area contributed by atoms with Crippen LogP contribution in [0, 0.1) is 11.3 Å². The maximum Gasteiger partial charge on any atom is 0.311 e. The third kappa shape index (κ3) is 8.02. The fourth-order valence-electron chi connectivity index (χ4n) is 4.44. The van der Waals surface area contributed by atoms with Gasteiger partial charge in [-0.05, 0) is 59.9 Å². The Balaban J connectivity index is 1.83. The summed E-state index contributed by atoms with van der Waals surface area (Å²) in [7, 11) is 1.53. The summed E-state index contributed by atoms with van der Waals surface area (Å²) >= 11 is 12.3. The van der Waals surface area contributed by atoms with Gasteiger partial charge in [0.1, 0.15) is 5.75 Å². The minimum Gasteiger partial charge on any atom is -0.495 e. The van der Waals surface area contributed by atoms with Crippen molar-refractivity contribution in [2.75, 3.05) is 17.7 Å². The number of aliphatic carboxylic acids is 1. The molecule has 3 aromatic carbocycles. The Morgan fingerprint density at radius 1 is 0.951 bits per heavy atom. The summed E-state index contributed by atoms with van der Waals surface area (Å²) in [5, 5.41) is 16.7. The molecule has 3 rings (SSSR count). The molecule has 0 bridgehead atoms. The van der Waals surface area contributed by atoms with Crippen molar-refractivity contribution in [2.24, 2.45) is 11.3 Å². The molecule has 218 valence electrons. The molecule has 0 heterocycles. The van der Waals surface area contributed by atoms with Crippen LogP contribution in [0.4, 0.5) is 11.4 Å². The average molecular weight is 600 g/mol. The maximum absolute atomic E-state index is 13.1. The summed E-state index contributed by atoms with van der Waals surface area (Å²) in [4.78, 5) is 38.2. The number of rotatable bonds is 11. The highest BCUT2D eigenvalue weighted by atomic mass is 35.5. The number of ketones is 1. The lowest BCUT2D eigenvalue weighted by Gasteiger charge is -2.29. The number of methoxy groups -OCH3 is 1. The van der Waals surface area contributed by atoms with Crippen LogP contribution in [0.25, 0.3) is 0 Å². The van der Waals surface area contributed by atoms with Gasteiger partial charge in [0.05, 0.1) is 40.4 Å². The van der Waals surface area contributed by atoms with E-state index in [2.05, 4.69) is 10.6 Å². The summed E-state index contributed by atoms with van der Waals surface area (Å²) < 4.78 is 5.52. The molecule has 0 aliphatic carbocycles. The molecule has 2 unspecified atom stereocenters. The molecule has 41 heavy (non-hydrogen) atoms. The molecular weight excluding hydrogens is 563 g/mol. The van der Waals surface area contributed by atoms with E-state index in [1.807, 2.05) is 34.6 Å². The maximum atomic E-state index is 13.1. The van der Waals surface area contributed by atoms with Gasteiger partial charge in [0.25, 0.3) is 5.91 Å². The van der Waals surface area contributed by atoms with Crippen molar-refractivity contribution in [3.05, 3.63) is 87.4 Å². The highest BCUT2D eigenvalue weighted by Gasteiger charge is 2.32. The number of halogens is 2. The molecule has 7 nitrogen and oxygen atoms in total. The lowest BCUT2D eigenvalue weighted by atomic mass is 9.82. The first kappa shape index (κ1) is 32.0. The lowest BCUT2D eigenvalue weighted by Crippen LogP contribution is -2.41. The Bertz CT molecular complexity index is 1390. The Kier molecular flexibility index (Phi) is 10.5. The molecule has 0 saturated carbocycles. The number of carboxylic acids is 1. The van der Waals surface area contributed by atoms with Gasteiger partial charge in [-0.3, -0.25) is 14.4 Å². The molecule has 2 atom stereocenters. The van der Waals surface area contributed by atoms with E-state index in [1.165, 1.54) is 7.11 Å². The van der Waals surface area contributed by atoms with E-state index in [0.717, 1.165) is 5.56 Å². The van der Waals surface area contributed by atoms with Crippen LogP contribution >= 0.6 is 23.2 Å². The van der Waals surface area contributed by atoms with Crippen LogP contribution in [0.5, 0.6) is 5.75 Å². The van der Waals surface area contributed by atoms with Crippen LogP contribution in [-0.2, 0) is 16.0 Å². The van der Waals surface area contributed by atoms with E-state index < -0.39 is 29.3 Å². The van der Waals surface area contributed by atoms with Crippen LogP contribution in [0.15, 0.2) is 60.7 Å². The van der Waals surface area contributed by atoms with Crippen LogP contribution in [0.2, 0.25) is 10.0 Å². The SMILES string of the molecule is COc1ccc(C(Cc2ccc(NC(=O)c3c(Cl)cccc3Cl)cc2)C(=O)O)cc1NC(C(=O)C(C)(C)C)C(C)C. The first-order valence-corrected chi connectivity index (χ1v) is 14.0. The monoisotopic (exact) mass is 598 g/mol. The number of ether oxygens (including phenoxy) is 1. The van der Waals surface area contributed by atoms with Gasteiger partial charge in [0.2, 0.25) is 0 Å². The standard InChI is InChI=1S/C32H36Cl2N2O5/c1-18(2)28(29(37)32(3,4)5)36-25-17-20(12-15-26(25)41-6)22(31(39)40)16-19-10-13-21(14-11-19)35-30(38)27-23(33)8-7-9-24(27)34/h7-15,17-18,22,28,36H,16H2,1-6H3,(H,35,38)(H,39,40). The number of carboxylic acid groups (broad SMARTS) is 1. The Morgan fingerprint density at radius 3 is 2.07 bits per heavy atom. The first-order valence-electron chi connectivity index (χ1n) is 13.3. The van der Waals surface area contributed by atoms with E-state index in [1.54, 1.807) is 60.7 Å². The van der Waals surface area contributed by atoms with Gasteiger partial charge in [0, 0.05) is 11.1 Å². The van der Waals surface area contributed by atoms with Gasteiger partial charge in [-0.1, -0.05) is 82.1 Å². The third-order valence-electron chi connectivity index (χ3n) is 6.76. The van der Waals surface area contributed by atoms with Crippen molar-refractivity contribution in [1.82, 2.24) is 0 Å². The Hall–Kier alpha value is -3.55. The molecule has 0 saturated heterocycles. The third-order valence-corrected chi connectivity index (χ3v) is 7.39. The fourth-order valence-corrected chi connectivity index (χ4v) is 5.01. The van der Waals surface area contributed by atoms with Crippen molar-refractivity contribution in [3.8, 4) is 5.75 Å². The predicted octanol–water partition coefficient (Wildman–Crippen LogP) is 7.72. The molecule has 3 aromatic rings. The van der Waals surface area contributed by atoms with Crippen LogP contribution < -0.4 is 15.4 Å². The smallest absolute Gasteiger partial charge is 0.311 e. The molecule has 1 amide bonds. The van der Waals surface area contributed by atoms with Crippen molar-refractivity contribution in [1.29, 1.82) is 0 Å². The minimum atomic E-state index is -0.988. The molecule has 0 spiro atoms. The van der Waals surface area contributed by atoms with Gasteiger partial charge >= 0.3 is 5.97 Å². The molecular formula is C32H36Cl2N2O5. The highest BCUT2D eigenvalue weighted by molar-refractivity contribution is 6.40. The van der Waals surface area contributed by atoms with E-state index in [4.69, 9.17) is 27.9 Å². The van der Waals surface area contributed by atoms with Gasteiger partial charge in [-0.25, -0.2) is 0 Å². The zero-order valence-electron chi connectivity index (χ0n) is 24.0. The number of hydrogen-bond donors (Lipinski definition) is 3. The molecule has 9 heteroatoms. The second-order valence-corrected chi connectivity index (χ2v) is 12.1. The number of hydrogen-bond acceptors (Lipinski definition) is 5. The molecule has 0 fully saturated rings. The second kappa shape index (κ2) is 13.4. The zero-order valence-corrected chi connectivity index (χ0v) is 25.6. The number of carbonyl (C=O) groups is 3. The van der Waals surface area contributed by atoms with Gasteiger partial charge in [-0.2, -0.15) is 0 Å². The van der Waals surface area contributed by atoms with Crippen molar-refractivity contribution < 1.29 is 24.2 Å². The summed E-state index contributed by atoms with van der Waals surface area (Å²) in [6.45, 7) is 9.56. The minimum absolute atomic E-state index is 0.00157. The zero-order chi connectivity index (χ0) is 30.5. The molecule has 0 aliphatic heterocycles.